The summed E-state index contributed by atoms with van der Waals surface area (Å²) < 4.78 is 1.56. The molecule has 0 spiro atoms. The molecule has 78 valence electrons. The lowest BCUT2D eigenvalue weighted by Gasteiger charge is -2.00. The zero-order valence-electron chi connectivity index (χ0n) is 8.41. The molecule has 3 rings (SSSR count). The lowest BCUT2D eigenvalue weighted by molar-refractivity contribution is 0.820. The molecule has 0 aliphatic heterocycles. The van der Waals surface area contributed by atoms with E-state index in [1.807, 2.05) is 24.3 Å². The van der Waals surface area contributed by atoms with Crippen molar-refractivity contribution in [3.8, 4) is 5.95 Å². The number of anilines is 1. The topological polar surface area (TPSA) is 69.6 Å². The Hall–Kier alpha value is -2.43. The number of hydrogen-bond acceptors (Lipinski definition) is 4. The first kappa shape index (κ1) is 8.84. The van der Waals surface area contributed by atoms with E-state index >= 15 is 0 Å². The second-order valence-corrected chi connectivity index (χ2v) is 3.41. The number of aromatic nitrogens is 4. The first-order chi connectivity index (χ1) is 7.83. The van der Waals surface area contributed by atoms with E-state index in [-0.39, 0.29) is 0 Å². The maximum Gasteiger partial charge on any atom is 0.251 e. The molecule has 2 aromatic heterocycles. The van der Waals surface area contributed by atoms with Gasteiger partial charge in [-0.05, 0) is 6.07 Å². The molecular formula is C11H9N5. The first-order valence-corrected chi connectivity index (χ1v) is 4.86. The highest BCUT2D eigenvalue weighted by Crippen LogP contribution is 2.11. The molecule has 0 aliphatic rings. The van der Waals surface area contributed by atoms with Crippen molar-refractivity contribution in [3.05, 3.63) is 42.7 Å². The van der Waals surface area contributed by atoms with Crippen molar-refractivity contribution in [2.45, 2.75) is 0 Å². The summed E-state index contributed by atoms with van der Waals surface area (Å²) >= 11 is 0. The molecule has 0 bridgehead atoms. The van der Waals surface area contributed by atoms with Gasteiger partial charge in [0, 0.05) is 23.8 Å². The van der Waals surface area contributed by atoms with Gasteiger partial charge < -0.3 is 5.73 Å². The molecule has 0 radical (unpaired) electrons. The van der Waals surface area contributed by atoms with Crippen LogP contribution in [0.5, 0.6) is 0 Å². The van der Waals surface area contributed by atoms with Crippen molar-refractivity contribution < 1.29 is 0 Å². The van der Waals surface area contributed by atoms with Crippen molar-refractivity contribution in [2.24, 2.45) is 0 Å². The molecule has 5 heteroatoms. The van der Waals surface area contributed by atoms with Gasteiger partial charge in [0.15, 0.2) is 0 Å². The Morgan fingerprint density at radius 3 is 2.81 bits per heavy atom. The van der Waals surface area contributed by atoms with E-state index in [9.17, 15) is 0 Å². The molecule has 5 nitrogen and oxygen atoms in total. The molecule has 0 atom stereocenters. The van der Waals surface area contributed by atoms with Gasteiger partial charge >= 0.3 is 0 Å². The fraction of sp³-hybridized carbons (Fsp3) is 0. The molecule has 0 fully saturated rings. The van der Waals surface area contributed by atoms with Crippen molar-refractivity contribution in [1.29, 1.82) is 0 Å². The molecule has 2 heterocycles. The number of nitrogens with two attached hydrogens (primary N) is 1. The Bertz CT molecular complexity index is 643. The van der Waals surface area contributed by atoms with Gasteiger partial charge in [-0.15, -0.1) is 5.10 Å². The average Bonchev–Trinajstić information content (AvgIpc) is 2.75. The number of para-hydroxylation sites is 1. The minimum absolute atomic E-state index is 0.455. The van der Waals surface area contributed by atoms with Gasteiger partial charge in [0.1, 0.15) is 5.82 Å². The lowest BCUT2D eigenvalue weighted by Crippen LogP contribution is -2.02. The Labute approximate surface area is 91.6 Å². The van der Waals surface area contributed by atoms with Gasteiger partial charge in [-0.3, -0.25) is 0 Å². The van der Waals surface area contributed by atoms with E-state index in [1.54, 1.807) is 23.1 Å². The Morgan fingerprint density at radius 2 is 2.00 bits per heavy atom. The van der Waals surface area contributed by atoms with Crippen molar-refractivity contribution in [1.82, 2.24) is 19.7 Å². The third kappa shape index (κ3) is 1.38. The molecule has 16 heavy (non-hydrogen) atoms. The molecule has 1 aromatic carbocycles. The number of hydrogen-bond donors (Lipinski definition) is 1. The Kier molecular flexibility index (Phi) is 1.83. The largest absolute Gasteiger partial charge is 0.382 e. The van der Waals surface area contributed by atoms with Crippen LogP contribution in [0.4, 0.5) is 5.82 Å². The van der Waals surface area contributed by atoms with Crippen LogP contribution in [0, 0.1) is 0 Å². The van der Waals surface area contributed by atoms with Crippen molar-refractivity contribution in [2.75, 3.05) is 5.73 Å². The SMILES string of the molecule is Nc1ccn(-c2ncc3ccccc3n2)n1. The number of rotatable bonds is 1. The molecule has 0 amide bonds. The van der Waals surface area contributed by atoms with Gasteiger partial charge in [0.05, 0.1) is 5.52 Å². The van der Waals surface area contributed by atoms with Crippen molar-refractivity contribution >= 4 is 16.7 Å². The molecule has 0 saturated heterocycles. The van der Waals surface area contributed by atoms with E-state index < -0.39 is 0 Å². The van der Waals surface area contributed by atoms with Gasteiger partial charge in [-0.25, -0.2) is 14.6 Å². The van der Waals surface area contributed by atoms with Crippen LogP contribution in [-0.4, -0.2) is 19.7 Å². The predicted octanol–water partition coefficient (Wildman–Crippen LogP) is 1.40. The zero-order valence-corrected chi connectivity index (χ0v) is 8.41. The summed E-state index contributed by atoms with van der Waals surface area (Å²) in [6.45, 7) is 0. The minimum atomic E-state index is 0.455. The number of fused-ring (bicyclic) bond motifs is 1. The van der Waals surface area contributed by atoms with Crippen LogP contribution in [0.25, 0.3) is 16.9 Å². The standard InChI is InChI=1S/C11H9N5/c12-10-5-6-16(15-10)11-13-7-8-3-1-2-4-9(8)14-11/h1-7H,(H2,12,15). The van der Waals surface area contributed by atoms with Crippen LogP contribution in [0.15, 0.2) is 42.7 Å². The van der Waals surface area contributed by atoms with Crippen LogP contribution in [0.1, 0.15) is 0 Å². The van der Waals surface area contributed by atoms with Crippen LogP contribution in [0.3, 0.4) is 0 Å². The van der Waals surface area contributed by atoms with E-state index in [0.717, 1.165) is 10.9 Å². The minimum Gasteiger partial charge on any atom is -0.382 e. The summed E-state index contributed by atoms with van der Waals surface area (Å²) in [4.78, 5) is 8.62. The van der Waals surface area contributed by atoms with Crippen LogP contribution in [-0.2, 0) is 0 Å². The summed E-state index contributed by atoms with van der Waals surface area (Å²) in [6, 6.07) is 9.51. The normalized spacial score (nSPS) is 10.8. The second kappa shape index (κ2) is 3.30. The lowest BCUT2D eigenvalue weighted by atomic mass is 10.2. The third-order valence-electron chi connectivity index (χ3n) is 2.29. The van der Waals surface area contributed by atoms with Gasteiger partial charge in [0.25, 0.3) is 5.95 Å². The summed E-state index contributed by atoms with van der Waals surface area (Å²) in [5.41, 5.74) is 6.43. The molecule has 0 unspecified atom stereocenters. The second-order valence-electron chi connectivity index (χ2n) is 3.41. The maximum atomic E-state index is 5.54. The van der Waals surface area contributed by atoms with Crippen LogP contribution in [0.2, 0.25) is 0 Å². The fourth-order valence-electron chi connectivity index (χ4n) is 1.52. The Morgan fingerprint density at radius 1 is 1.12 bits per heavy atom. The first-order valence-electron chi connectivity index (χ1n) is 4.86. The molecule has 0 saturated carbocycles. The highest BCUT2D eigenvalue weighted by atomic mass is 15.4. The summed E-state index contributed by atoms with van der Waals surface area (Å²) in [5.74, 6) is 0.979. The van der Waals surface area contributed by atoms with E-state index in [0.29, 0.717) is 11.8 Å². The van der Waals surface area contributed by atoms with Gasteiger partial charge in [-0.2, -0.15) is 0 Å². The quantitative estimate of drug-likeness (QED) is 0.660. The zero-order chi connectivity index (χ0) is 11.0. The Balaban J connectivity index is 2.18. The van der Waals surface area contributed by atoms with E-state index in [1.165, 1.54) is 0 Å². The van der Waals surface area contributed by atoms with E-state index in [2.05, 4.69) is 15.1 Å². The van der Waals surface area contributed by atoms with Crippen LogP contribution < -0.4 is 5.73 Å². The molecule has 2 N–H and O–H groups in total. The number of benzene rings is 1. The third-order valence-corrected chi connectivity index (χ3v) is 2.29. The monoisotopic (exact) mass is 211 g/mol. The van der Waals surface area contributed by atoms with Crippen molar-refractivity contribution in [3.63, 3.8) is 0 Å². The number of nitrogens with zero attached hydrogens (tertiary/aromatic N) is 4. The number of nitrogen functional groups attached to an aromatic ring is 1. The molecular weight excluding hydrogens is 202 g/mol. The maximum absolute atomic E-state index is 5.54. The van der Waals surface area contributed by atoms with Gasteiger partial charge in [-0.1, -0.05) is 18.2 Å². The predicted molar refractivity (Wildman–Crippen MR) is 61.1 cm³/mol. The smallest absolute Gasteiger partial charge is 0.251 e. The highest BCUT2D eigenvalue weighted by molar-refractivity contribution is 5.77. The summed E-state index contributed by atoms with van der Waals surface area (Å²) in [5, 5.41) is 5.06. The molecule has 3 aromatic rings. The summed E-state index contributed by atoms with van der Waals surface area (Å²) in [6.07, 6.45) is 3.51. The average molecular weight is 211 g/mol. The molecule has 0 aliphatic carbocycles. The van der Waals surface area contributed by atoms with E-state index in [4.69, 9.17) is 5.73 Å². The van der Waals surface area contributed by atoms with Gasteiger partial charge in [0.2, 0.25) is 0 Å². The fourth-order valence-corrected chi connectivity index (χ4v) is 1.52. The summed E-state index contributed by atoms with van der Waals surface area (Å²) in [7, 11) is 0. The van der Waals surface area contributed by atoms with Crippen LogP contribution >= 0.6 is 0 Å². The highest BCUT2D eigenvalue weighted by Gasteiger charge is 2.02.